The molecule has 1 amide bonds. The van der Waals surface area contributed by atoms with Crippen LogP contribution in [0.15, 0.2) is 30.3 Å². The smallest absolute Gasteiger partial charge is 0.231 e. The van der Waals surface area contributed by atoms with Crippen LogP contribution in [0.3, 0.4) is 0 Å². The van der Waals surface area contributed by atoms with E-state index in [1.165, 1.54) is 17.5 Å². The van der Waals surface area contributed by atoms with Gasteiger partial charge in [-0.15, -0.1) is 0 Å². The fraction of sp³-hybridized carbons (Fsp3) is 0.300. The molecule has 68 valence electrons. The third-order valence-electron chi connectivity index (χ3n) is 2.27. The molecule has 2 nitrogen and oxygen atoms in total. The topological polar surface area (TPSA) is 29.1 Å². The Morgan fingerprint density at radius 3 is 2.62 bits per heavy atom. The molecule has 1 saturated heterocycles. The first-order chi connectivity index (χ1) is 6.21. The molecule has 1 aliphatic heterocycles. The van der Waals surface area contributed by atoms with Gasteiger partial charge < -0.3 is 0 Å². The number of hydrogen-bond acceptors (Lipinski definition) is 2. The number of hydrogen-bond donors (Lipinski definition) is 1. The molecule has 1 N–H and O–H groups in total. The molecule has 1 fully saturated rings. The van der Waals surface area contributed by atoms with Crippen LogP contribution in [-0.4, -0.2) is 5.91 Å². The maximum Gasteiger partial charge on any atom is 0.231 e. The van der Waals surface area contributed by atoms with Crippen LogP contribution in [-0.2, 0) is 9.54 Å². The molecule has 1 unspecified atom stereocenters. The lowest BCUT2D eigenvalue weighted by molar-refractivity contribution is -0.118. The minimum absolute atomic E-state index is 0.0850. The summed E-state index contributed by atoms with van der Waals surface area (Å²) >= 11 is 1.51. The van der Waals surface area contributed by atoms with Crippen LogP contribution in [0.1, 0.15) is 18.9 Å². The lowest BCUT2D eigenvalue weighted by Crippen LogP contribution is -2.13. The van der Waals surface area contributed by atoms with Crippen molar-refractivity contribution in [3.63, 3.8) is 0 Å². The second kappa shape index (κ2) is 3.07. The molecule has 0 radical (unpaired) electrons. The maximum atomic E-state index is 11.1. The van der Waals surface area contributed by atoms with Gasteiger partial charge in [-0.05, 0) is 24.4 Å². The summed E-state index contributed by atoms with van der Waals surface area (Å²) < 4.78 is 2.70. The Balaban J connectivity index is 2.31. The van der Waals surface area contributed by atoms with Crippen LogP contribution < -0.4 is 4.72 Å². The quantitative estimate of drug-likeness (QED) is 0.692. The van der Waals surface area contributed by atoms with Crippen LogP contribution in [0, 0.1) is 0 Å². The summed E-state index contributed by atoms with van der Waals surface area (Å²) in [7, 11) is 0. The standard InChI is InChI=1S/C10H11NOS/c1-10(7-9(12)11-13-10)8-5-3-2-4-6-8/h2-6H,7H2,1H3,(H,11,12). The van der Waals surface area contributed by atoms with E-state index in [4.69, 9.17) is 0 Å². The molecule has 1 aromatic rings. The molecule has 13 heavy (non-hydrogen) atoms. The van der Waals surface area contributed by atoms with Crippen molar-refractivity contribution in [2.75, 3.05) is 0 Å². The molecule has 1 atom stereocenters. The van der Waals surface area contributed by atoms with Gasteiger partial charge in [0.2, 0.25) is 5.91 Å². The Labute approximate surface area is 81.9 Å². The van der Waals surface area contributed by atoms with Gasteiger partial charge in [-0.25, -0.2) is 0 Å². The fourth-order valence-corrected chi connectivity index (χ4v) is 2.37. The largest absolute Gasteiger partial charge is 0.299 e. The van der Waals surface area contributed by atoms with Crippen LogP contribution in [0.5, 0.6) is 0 Å². The van der Waals surface area contributed by atoms with Gasteiger partial charge in [0.1, 0.15) is 0 Å². The number of amides is 1. The fourth-order valence-electron chi connectivity index (χ4n) is 1.50. The maximum absolute atomic E-state index is 11.1. The number of carbonyl (C=O) groups is 1. The van der Waals surface area contributed by atoms with E-state index in [2.05, 4.69) is 23.8 Å². The average molecular weight is 193 g/mol. The Kier molecular flexibility index (Phi) is 2.04. The number of nitrogens with one attached hydrogen (secondary N) is 1. The highest BCUT2D eigenvalue weighted by Crippen LogP contribution is 2.41. The van der Waals surface area contributed by atoms with Crippen molar-refractivity contribution in [1.82, 2.24) is 4.72 Å². The monoisotopic (exact) mass is 193 g/mol. The van der Waals surface area contributed by atoms with E-state index in [-0.39, 0.29) is 10.7 Å². The highest BCUT2D eigenvalue weighted by molar-refractivity contribution is 7.99. The summed E-state index contributed by atoms with van der Waals surface area (Å²) in [6.07, 6.45) is 0.571. The van der Waals surface area contributed by atoms with Crippen molar-refractivity contribution in [3.05, 3.63) is 35.9 Å². The molecular formula is C10H11NOS. The predicted octanol–water partition coefficient (Wildman–Crippen LogP) is 2.07. The van der Waals surface area contributed by atoms with Crippen molar-refractivity contribution in [2.45, 2.75) is 18.1 Å². The molecule has 0 aromatic heterocycles. The summed E-state index contributed by atoms with van der Waals surface area (Å²) in [5.74, 6) is 0.122. The lowest BCUT2D eigenvalue weighted by Gasteiger charge is -2.19. The Morgan fingerprint density at radius 2 is 2.08 bits per heavy atom. The number of rotatable bonds is 1. The first-order valence-electron chi connectivity index (χ1n) is 4.23. The molecule has 0 spiro atoms. The zero-order valence-electron chi connectivity index (χ0n) is 7.41. The van der Waals surface area contributed by atoms with Crippen LogP contribution in [0.25, 0.3) is 0 Å². The van der Waals surface area contributed by atoms with Crippen molar-refractivity contribution in [3.8, 4) is 0 Å². The second-order valence-electron chi connectivity index (χ2n) is 3.40. The predicted molar refractivity (Wildman–Crippen MR) is 54.1 cm³/mol. The lowest BCUT2D eigenvalue weighted by atomic mass is 9.97. The van der Waals surface area contributed by atoms with Gasteiger partial charge in [-0.1, -0.05) is 30.3 Å². The highest BCUT2D eigenvalue weighted by atomic mass is 32.2. The Morgan fingerprint density at radius 1 is 1.38 bits per heavy atom. The van der Waals surface area contributed by atoms with E-state index in [9.17, 15) is 4.79 Å². The Bertz CT molecular complexity index is 325. The zero-order valence-corrected chi connectivity index (χ0v) is 8.23. The molecule has 0 aliphatic carbocycles. The second-order valence-corrected chi connectivity index (χ2v) is 4.71. The van der Waals surface area contributed by atoms with E-state index >= 15 is 0 Å². The first kappa shape index (κ1) is 8.63. The van der Waals surface area contributed by atoms with Gasteiger partial charge in [0.25, 0.3) is 0 Å². The van der Waals surface area contributed by atoms with E-state index in [0.717, 1.165) is 0 Å². The summed E-state index contributed by atoms with van der Waals surface area (Å²) in [6.45, 7) is 2.09. The minimum Gasteiger partial charge on any atom is -0.299 e. The Hall–Kier alpha value is -0.960. The molecule has 1 heterocycles. The highest BCUT2D eigenvalue weighted by Gasteiger charge is 2.36. The van der Waals surface area contributed by atoms with Gasteiger partial charge in [-0.3, -0.25) is 9.52 Å². The van der Waals surface area contributed by atoms with Crippen molar-refractivity contribution in [2.24, 2.45) is 0 Å². The van der Waals surface area contributed by atoms with E-state index in [1.807, 2.05) is 18.2 Å². The first-order valence-corrected chi connectivity index (χ1v) is 5.05. The van der Waals surface area contributed by atoms with Crippen LogP contribution in [0.4, 0.5) is 0 Å². The molecule has 3 heteroatoms. The van der Waals surface area contributed by atoms with Crippen LogP contribution in [0.2, 0.25) is 0 Å². The number of benzene rings is 1. The van der Waals surface area contributed by atoms with Crippen molar-refractivity contribution >= 4 is 17.9 Å². The van der Waals surface area contributed by atoms with Gasteiger partial charge in [-0.2, -0.15) is 0 Å². The summed E-state index contributed by atoms with van der Waals surface area (Å²) in [4.78, 5) is 11.1. The van der Waals surface area contributed by atoms with Gasteiger partial charge in [0.05, 0.1) is 4.75 Å². The van der Waals surface area contributed by atoms with Gasteiger partial charge in [0, 0.05) is 6.42 Å². The summed E-state index contributed by atoms with van der Waals surface area (Å²) in [6, 6.07) is 10.1. The molecule has 1 aliphatic rings. The normalized spacial score (nSPS) is 27.3. The van der Waals surface area contributed by atoms with E-state index < -0.39 is 0 Å². The minimum atomic E-state index is -0.0850. The van der Waals surface area contributed by atoms with E-state index in [1.54, 1.807) is 0 Å². The van der Waals surface area contributed by atoms with E-state index in [0.29, 0.717) is 6.42 Å². The molecule has 0 bridgehead atoms. The third-order valence-corrected chi connectivity index (χ3v) is 3.43. The van der Waals surface area contributed by atoms with Crippen molar-refractivity contribution in [1.29, 1.82) is 0 Å². The van der Waals surface area contributed by atoms with Gasteiger partial charge in [0.15, 0.2) is 0 Å². The SMILES string of the molecule is CC1(c2ccccc2)CC(=O)NS1. The zero-order chi connectivity index (χ0) is 9.31. The summed E-state index contributed by atoms with van der Waals surface area (Å²) in [5, 5.41) is 0. The molecular weight excluding hydrogens is 182 g/mol. The third kappa shape index (κ3) is 1.56. The van der Waals surface area contributed by atoms with Crippen LogP contribution >= 0.6 is 11.9 Å². The summed E-state index contributed by atoms with van der Waals surface area (Å²) in [5.41, 5.74) is 1.21. The number of carbonyl (C=O) groups excluding carboxylic acids is 1. The van der Waals surface area contributed by atoms with Crippen molar-refractivity contribution < 1.29 is 4.79 Å². The molecule has 0 saturated carbocycles. The molecule has 1 aromatic carbocycles. The van der Waals surface area contributed by atoms with Gasteiger partial charge >= 0.3 is 0 Å². The average Bonchev–Trinajstić information content (AvgIpc) is 2.49. The molecule has 2 rings (SSSR count).